The van der Waals surface area contributed by atoms with Crippen LogP contribution >= 0.6 is 0 Å². The largest absolute Gasteiger partial charge is 0.376 e. The molecule has 4 saturated carbocycles. The first-order valence-corrected chi connectivity index (χ1v) is 7.10. The van der Waals surface area contributed by atoms with Gasteiger partial charge in [0.25, 0.3) is 0 Å². The van der Waals surface area contributed by atoms with E-state index in [9.17, 15) is 0 Å². The van der Waals surface area contributed by atoms with Crippen molar-refractivity contribution in [2.45, 2.75) is 52.1 Å². The molecule has 0 spiro atoms. The summed E-state index contributed by atoms with van der Waals surface area (Å²) in [5.74, 6) is 3.61. The van der Waals surface area contributed by atoms with Crippen molar-refractivity contribution in [3.8, 4) is 6.07 Å². The van der Waals surface area contributed by atoms with Gasteiger partial charge in [-0.05, 0) is 69.6 Å². The van der Waals surface area contributed by atoms with Gasteiger partial charge in [0.1, 0.15) is 0 Å². The van der Waals surface area contributed by atoms with Crippen LogP contribution in [0.25, 0.3) is 0 Å². The van der Waals surface area contributed by atoms with Gasteiger partial charge in [0.2, 0.25) is 0 Å². The van der Waals surface area contributed by atoms with Crippen molar-refractivity contribution in [2.75, 3.05) is 6.61 Å². The molecule has 0 radical (unpaired) electrons. The third-order valence-corrected chi connectivity index (χ3v) is 5.08. The molecule has 0 heterocycles. The van der Waals surface area contributed by atoms with E-state index in [0.717, 1.165) is 23.7 Å². The first-order chi connectivity index (χ1) is 8.07. The van der Waals surface area contributed by atoms with Crippen molar-refractivity contribution in [3.63, 3.8) is 0 Å². The van der Waals surface area contributed by atoms with E-state index in [0.29, 0.717) is 12.7 Å². The summed E-state index contributed by atoms with van der Waals surface area (Å²) in [4.78, 5) is 0. The van der Waals surface area contributed by atoms with Gasteiger partial charge in [0.05, 0.1) is 24.2 Å². The molecule has 0 N–H and O–H groups in total. The van der Waals surface area contributed by atoms with Crippen LogP contribution in [0.4, 0.5) is 0 Å². The first-order valence-electron chi connectivity index (χ1n) is 7.10. The molecule has 2 nitrogen and oxygen atoms in total. The average Bonchev–Trinajstić information content (AvgIpc) is 2.27. The topological polar surface area (TPSA) is 33.0 Å². The first kappa shape index (κ1) is 11.5. The fourth-order valence-electron chi connectivity index (χ4n) is 4.48. The third kappa shape index (κ3) is 2.10. The number of nitrogens with zero attached hydrogens (tertiary/aromatic N) is 1. The van der Waals surface area contributed by atoms with Crippen molar-refractivity contribution in [1.29, 1.82) is 5.26 Å². The van der Waals surface area contributed by atoms with E-state index >= 15 is 0 Å². The Morgan fingerprint density at radius 3 is 2.06 bits per heavy atom. The van der Waals surface area contributed by atoms with Crippen molar-refractivity contribution >= 4 is 0 Å². The lowest BCUT2D eigenvalue weighted by Crippen LogP contribution is -2.50. The zero-order valence-electron chi connectivity index (χ0n) is 11.0. The van der Waals surface area contributed by atoms with Crippen LogP contribution in [-0.4, -0.2) is 12.7 Å². The van der Waals surface area contributed by atoms with Crippen LogP contribution in [0.5, 0.6) is 0 Å². The lowest BCUT2D eigenvalue weighted by atomic mass is 9.55. The minimum atomic E-state index is -0.325. The molecular weight excluding hydrogens is 210 g/mol. The molecule has 94 valence electrons. The lowest BCUT2D eigenvalue weighted by Gasteiger charge is -2.54. The average molecular weight is 233 g/mol. The van der Waals surface area contributed by atoms with Crippen LogP contribution in [0.3, 0.4) is 0 Å². The summed E-state index contributed by atoms with van der Waals surface area (Å²) in [6.07, 6.45) is 7.53. The molecule has 4 aliphatic carbocycles. The Hall–Kier alpha value is -0.550. The molecular formula is C15H23NO. The van der Waals surface area contributed by atoms with Crippen LogP contribution in [0.15, 0.2) is 0 Å². The Balaban J connectivity index is 1.63. The maximum absolute atomic E-state index is 9.05. The predicted molar refractivity (Wildman–Crippen MR) is 66.2 cm³/mol. The van der Waals surface area contributed by atoms with Gasteiger partial charge < -0.3 is 4.74 Å². The van der Waals surface area contributed by atoms with Crippen molar-refractivity contribution in [2.24, 2.45) is 29.1 Å². The van der Waals surface area contributed by atoms with Gasteiger partial charge in [0.15, 0.2) is 0 Å². The van der Waals surface area contributed by atoms with Gasteiger partial charge in [0, 0.05) is 0 Å². The number of ether oxygens (including phenoxy) is 1. The van der Waals surface area contributed by atoms with Crippen LogP contribution in [0, 0.1) is 40.4 Å². The zero-order valence-corrected chi connectivity index (χ0v) is 11.0. The Morgan fingerprint density at radius 2 is 1.59 bits per heavy atom. The van der Waals surface area contributed by atoms with E-state index in [2.05, 4.69) is 6.07 Å². The molecule has 0 aliphatic heterocycles. The monoisotopic (exact) mass is 233 g/mol. The Kier molecular flexibility index (Phi) is 2.70. The molecule has 4 bridgehead atoms. The number of hydrogen-bond donors (Lipinski definition) is 0. The molecule has 4 rings (SSSR count). The van der Waals surface area contributed by atoms with Gasteiger partial charge in [-0.1, -0.05) is 0 Å². The number of nitriles is 1. The summed E-state index contributed by atoms with van der Waals surface area (Å²) in [6, 6.07) is 2.34. The van der Waals surface area contributed by atoms with Crippen molar-refractivity contribution in [3.05, 3.63) is 0 Å². The molecule has 0 saturated heterocycles. The van der Waals surface area contributed by atoms with Crippen LogP contribution in [0.1, 0.15) is 46.0 Å². The molecule has 0 unspecified atom stereocenters. The smallest absolute Gasteiger partial charge is 0.0751 e. The summed E-state index contributed by atoms with van der Waals surface area (Å²) >= 11 is 0. The van der Waals surface area contributed by atoms with Crippen LogP contribution in [0.2, 0.25) is 0 Å². The van der Waals surface area contributed by atoms with Crippen molar-refractivity contribution < 1.29 is 4.74 Å². The maximum Gasteiger partial charge on any atom is 0.0751 e. The van der Waals surface area contributed by atoms with Gasteiger partial charge in [-0.2, -0.15) is 5.26 Å². The van der Waals surface area contributed by atoms with Crippen molar-refractivity contribution in [1.82, 2.24) is 0 Å². The normalized spacial score (nSPS) is 43.7. The molecule has 0 aromatic rings. The van der Waals surface area contributed by atoms with E-state index < -0.39 is 0 Å². The minimum absolute atomic E-state index is 0.325. The highest BCUT2D eigenvalue weighted by Crippen LogP contribution is 2.54. The zero-order chi connectivity index (χ0) is 12.0. The van der Waals surface area contributed by atoms with E-state index in [1.54, 1.807) is 0 Å². The molecule has 0 atom stereocenters. The molecule has 4 fully saturated rings. The van der Waals surface area contributed by atoms with Gasteiger partial charge in [-0.15, -0.1) is 0 Å². The predicted octanol–water partition coefficient (Wildman–Crippen LogP) is 3.38. The summed E-state index contributed by atoms with van der Waals surface area (Å²) in [5.41, 5.74) is -0.325. The maximum atomic E-state index is 9.05. The fraction of sp³-hybridized carbons (Fsp3) is 0.933. The van der Waals surface area contributed by atoms with E-state index in [1.165, 1.54) is 32.1 Å². The molecule has 2 heteroatoms. The Labute approximate surface area is 104 Å². The minimum Gasteiger partial charge on any atom is -0.376 e. The molecule has 0 aromatic heterocycles. The SMILES string of the molecule is CC(C)(C#N)COC1C2CC3CC(C2)CC1C3. The molecule has 4 aliphatic rings. The molecule has 17 heavy (non-hydrogen) atoms. The number of hydrogen-bond acceptors (Lipinski definition) is 2. The highest BCUT2D eigenvalue weighted by molar-refractivity contribution is 5.00. The summed E-state index contributed by atoms with van der Waals surface area (Å²) in [5, 5.41) is 9.05. The molecule has 0 amide bonds. The Bertz CT molecular complexity index is 313. The van der Waals surface area contributed by atoms with E-state index in [-0.39, 0.29) is 5.41 Å². The van der Waals surface area contributed by atoms with Gasteiger partial charge in [-0.3, -0.25) is 0 Å². The Morgan fingerprint density at radius 1 is 1.06 bits per heavy atom. The fourth-order valence-corrected chi connectivity index (χ4v) is 4.48. The second kappa shape index (κ2) is 3.99. The van der Waals surface area contributed by atoms with Crippen LogP contribution in [-0.2, 0) is 4.74 Å². The summed E-state index contributed by atoms with van der Waals surface area (Å²) < 4.78 is 6.15. The number of rotatable bonds is 3. The van der Waals surface area contributed by atoms with E-state index in [4.69, 9.17) is 10.00 Å². The summed E-state index contributed by atoms with van der Waals surface area (Å²) in [7, 11) is 0. The highest BCUT2D eigenvalue weighted by atomic mass is 16.5. The third-order valence-electron chi connectivity index (χ3n) is 5.08. The van der Waals surface area contributed by atoms with Gasteiger partial charge in [-0.25, -0.2) is 0 Å². The van der Waals surface area contributed by atoms with Crippen LogP contribution < -0.4 is 0 Å². The summed E-state index contributed by atoms with van der Waals surface area (Å²) in [6.45, 7) is 4.56. The standard InChI is InChI=1S/C15H23NO/c1-15(2,8-16)9-17-14-12-4-10-3-11(6-12)7-13(14)5-10/h10-14H,3-7,9H2,1-2H3. The van der Waals surface area contributed by atoms with Gasteiger partial charge >= 0.3 is 0 Å². The quantitative estimate of drug-likeness (QED) is 0.748. The molecule has 0 aromatic carbocycles. The second-order valence-corrected chi connectivity index (χ2v) is 7.20. The lowest BCUT2D eigenvalue weighted by molar-refractivity contribution is -0.135. The highest BCUT2D eigenvalue weighted by Gasteiger charge is 2.49. The van der Waals surface area contributed by atoms with E-state index in [1.807, 2.05) is 13.8 Å². The second-order valence-electron chi connectivity index (χ2n) is 7.20.